The van der Waals surface area contributed by atoms with Crippen molar-refractivity contribution in [2.24, 2.45) is 5.41 Å². The zero-order valence-corrected chi connectivity index (χ0v) is 28.5. The highest BCUT2D eigenvalue weighted by atomic mass is 16.4. The number of carbonyl (C=O) groups is 6. The molecule has 4 heterocycles. The van der Waals surface area contributed by atoms with Crippen LogP contribution < -0.4 is 21.3 Å². The Hall–Kier alpha value is -3.26. The molecule has 2 spiro atoms. The Morgan fingerprint density at radius 1 is 0.652 bits per heavy atom. The second kappa shape index (κ2) is 11.5. The third-order valence-corrected chi connectivity index (χ3v) is 9.95. The van der Waals surface area contributed by atoms with Crippen LogP contribution in [0.3, 0.4) is 0 Å². The maximum atomic E-state index is 13.9. The molecule has 258 valence electrons. The second-order valence-corrected chi connectivity index (χ2v) is 16.8. The van der Waals surface area contributed by atoms with Crippen molar-refractivity contribution in [3.05, 3.63) is 0 Å². The minimum absolute atomic E-state index is 0.0257. The van der Waals surface area contributed by atoms with Gasteiger partial charge in [-0.1, -0.05) is 0 Å². The molecule has 4 rings (SSSR count). The number of nitrogens with zero attached hydrogens (tertiary/aromatic N) is 2. The highest BCUT2D eigenvalue weighted by molar-refractivity contribution is 6.08. The topological polar surface area (TPSA) is 197 Å². The monoisotopic (exact) mass is 648 g/mol. The molecule has 14 nitrogen and oxygen atoms in total. The molecular weight excluding hydrogens is 596 g/mol. The van der Waals surface area contributed by atoms with Crippen LogP contribution in [-0.2, 0) is 19.2 Å². The summed E-state index contributed by atoms with van der Waals surface area (Å²) >= 11 is 0. The van der Waals surface area contributed by atoms with Crippen LogP contribution in [0.5, 0.6) is 0 Å². The van der Waals surface area contributed by atoms with E-state index in [0.717, 1.165) is 9.80 Å². The predicted octanol–water partition coefficient (Wildman–Crippen LogP) is 2.55. The molecule has 0 unspecified atom stereocenters. The van der Waals surface area contributed by atoms with E-state index >= 15 is 0 Å². The van der Waals surface area contributed by atoms with Gasteiger partial charge >= 0.3 is 24.0 Å². The van der Waals surface area contributed by atoms with E-state index in [2.05, 4.69) is 21.3 Å². The lowest BCUT2D eigenvalue weighted by Crippen LogP contribution is -2.68. The highest BCUT2D eigenvalue weighted by Gasteiger charge is 2.60. The standard InChI is InChI=1S/C32H52N6O8/c1-26(2)16-31(17-27(3,4)35-26)21(41)37(24(45)33-31)14-12-30(23(43)44,11-9-10-20(39)40)13-15-38-22(42)32(34-25(38)46)18-28(5,6)36-29(7,8)19-32/h35-36H,9-19H2,1-8H3,(H,33,45)(H,34,46)(H,39,40)(H,43,44). The van der Waals surface area contributed by atoms with Crippen LogP contribution in [0.25, 0.3) is 0 Å². The van der Waals surface area contributed by atoms with Gasteiger partial charge in [0.15, 0.2) is 0 Å². The first-order valence-electron chi connectivity index (χ1n) is 16.2. The zero-order valence-electron chi connectivity index (χ0n) is 28.5. The van der Waals surface area contributed by atoms with Gasteiger partial charge in [-0.15, -0.1) is 0 Å². The molecule has 6 N–H and O–H groups in total. The first kappa shape index (κ1) is 35.6. The van der Waals surface area contributed by atoms with Crippen molar-refractivity contribution in [3.8, 4) is 0 Å². The number of amides is 6. The van der Waals surface area contributed by atoms with E-state index in [9.17, 15) is 39.0 Å². The number of imide groups is 2. The third-order valence-electron chi connectivity index (χ3n) is 9.95. The molecule has 0 radical (unpaired) electrons. The van der Waals surface area contributed by atoms with Gasteiger partial charge in [0.1, 0.15) is 11.1 Å². The van der Waals surface area contributed by atoms with E-state index < -0.39 is 74.5 Å². The summed E-state index contributed by atoms with van der Waals surface area (Å²) < 4.78 is 0. The maximum absolute atomic E-state index is 13.9. The first-order chi connectivity index (χ1) is 20.9. The quantitative estimate of drug-likeness (QED) is 0.181. The van der Waals surface area contributed by atoms with Crippen molar-refractivity contribution in [2.75, 3.05) is 13.1 Å². The molecule has 46 heavy (non-hydrogen) atoms. The molecule has 4 fully saturated rings. The number of carboxylic acid groups (broad SMARTS) is 2. The van der Waals surface area contributed by atoms with E-state index in [1.54, 1.807) is 0 Å². The Labute approximate surface area is 270 Å². The second-order valence-electron chi connectivity index (χ2n) is 16.8. The molecule has 0 aliphatic carbocycles. The van der Waals surface area contributed by atoms with Gasteiger partial charge in [-0.25, -0.2) is 9.59 Å². The zero-order chi connectivity index (χ0) is 34.7. The molecule has 0 atom stereocenters. The fourth-order valence-electron chi connectivity index (χ4n) is 9.31. The van der Waals surface area contributed by atoms with Gasteiger partial charge < -0.3 is 31.5 Å². The minimum Gasteiger partial charge on any atom is -0.481 e. The molecule has 6 amide bonds. The van der Waals surface area contributed by atoms with Crippen molar-refractivity contribution in [1.29, 1.82) is 0 Å². The summed E-state index contributed by atoms with van der Waals surface area (Å²) in [6.07, 6.45) is 0.747. The van der Waals surface area contributed by atoms with Gasteiger partial charge in [-0.3, -0.25) is 29.0 Å². The summed E-state index contributed by atoms with van der Waals surface area (Å²) in [5.74, 6) is -3.16. The van der Waals surface area contributed by atoms with Gasteiger partial charge in [0.05, 0.1) is 5.41 Å². The van der Waals surface area contributed by atoms with Gasteiger partial charge in [0.2, 0.25) is 0 Å². The van der Waals surface area contributed by atoms with Crippen LogP contribution in [0, 0.1) is 5.41 Å². The molecule has 0 saturated carbocycles. The number of urea groups is 2. The smallest absolute Gasteiger partial charge is 0.325 e. The van der Waals surface area contributed by atoms with Gasteiger partial charge in [0.25, 0.3) is 11.8 Å². The lowest BCUT2D eigenvalue weighted by atomic mass is 9.70. The average molecular weight is 649 g/mol. The SMILES string of the molecule is CC1(C)CC2(CC(C)(C)N1)NC(=O)N(CCC(CCCC(=O)O)(CCN1C(=O)NC3(CC(C)(C)NC(C)(C)C3)C1=O)C(=O)O)C2=O. The summed E-state index contributed by atoms with van der Waals surface area (Å²) in [4.78, 5) is 80.7. The van der Waals surface area contributed by atoms with Gasteiger partial charge in [-0.05, 0) is 107 Å². The third kappa shape index (κ3) is 7.02. The Morgan fingerprint density at radius 3 is 1.30 bits per heavy atom. The molecule has 4 saturated heterocycles. The number of rotatable bonds is 11. The molecule has 4 aliphatic heterocycles. The van der Waals surface area contributed by atoms with Gasteiger partial charge in [-0.2, -0.15) is 0 Å². The van der Waals surface area contributed by atoms with Crippen molar-refractivity contribution < 1.29 is 39.0 Å². The lowest BCUT2D eigenvalue weighted by molar-refractivity contribution is -0.152. The Kier molecular flexibility index (Phi) is 8.87. The van der Waals surface area contributed by atoms with Gasteiger partial charge in [0, 0.05) is 41.7 Å². The summed E-state index contributed by atoms with van der Waals surface area (Å²) in [6.45, 7) is 15.3. The molecule has 0 aromatic heterocycles. The maximum Gasteiger partial charge on any atom is 0.325 e. The average Bonchev–Trinajstić information content (AvgIpc) is 3.17. The largest absolute Gasteiger partial charge is 0.481 e. The Morgan fingerprint density at radius 2 is 1.00 bits per heavy atom. The molecule has 0 bridgehead atoms. The summed E-state index contributed by atoms with van der Waals surface area (Å²) in [5, 5.41) is 32.7. The number of hydrogen-bond donors (Lipinski definition) is 6. The number of nitrogens with one attached hydrogen (secondary N) is 4. The van der Waals surface area contributed by atoms with Crippen LogP contribution in [0.2, 0.25) is 0 Å². The highest BCUT2D eigenvalue weighted by Crippen LogP contribution is 2.43. The number of hydrogen-bond acceptors (Lipinski definition) is 8. The van der Waals surface area contributed by atoms with Crippen LogP contribution in [0.15, 0.2) is 0 Å². The lowest BCUT2D eigenvalue weighted by Gasteiger charge is -2.50. The first-order valence-corrected chi connectivity index (χ1v) is 16.2. The van der Waals surface area contributed by atoms with E-state index in [0.29, 0.717) is 25.7 Å². The normalized spacial score (nSPS) is 25.6. The Bertz CT molecular complexity index is 1210. The van der Waals surface area contributed by atoms with E-state index in [1.165, 1.54) is 0 Å². The van der Waals surface area contributed by atoms with Crippen molar-refractivity contribution in [1.82, 2.24) is 31.1 Å². The van der Waals surface area contributed by atoms with E-state index in [1.807, 2.05) is 55.4 Å². The van der Waals surface area contributed by atoms with Crippen molar-refractivity contribution in [3.63, 3.8) is 0 Å². The molecule has 0 aromatic rings. The summed E-state index contributed by atoms with van der Waals surface area (Å²) in [6, 6.07) is -1.20. The van der Waals surface area contributed by atoms with E-state index in [-0.39, 0.29) is 45.2 Å². The van der Waals surface area contributed by atoms with Crippen LogP contribution in [0.4, 0.5) is 9.59 Å². The van der Waals surface area contributed by atoms with Crippen LogP contribution in [-0.4, -0.2) is 102 Å². The number of aliphatic carboxylic acids is 2. The van der Waals surface area contributed by atoms with E-state index in [4.69, 9.17) is 0 Å². The molecule has 0 aromatic carbocycles. The predicted molar refractivity (Wildman–Crippen MR) is 168 cm³/mol. The molecule has 14 heteroatoms. The molecular formula is C32H52N6O8. The minimum atomic E-state index is -1.61. The fourth-order valence-corrected chi connectivity index (χ4v) is 9.31. The van der Waals surface area contributed by atoms with Crippen molar-refractivity contribution in [2.45, 2.75) is 146 Å². The van der Waals surface area contributed by atoms with Crippen LogP contribution in [0.1, 0.15) is 113 Å². The number of carbonyl (C=O) groups excluding carboxylic acids is 4. The summed E-state index contributed by atoms with van der Waals surface area (Å²) in [5.41, 5.74) is -5.72. The van der Waals surface area contributed by atoms with Crippen molar-refractivity contribution >= 4 is 35.8 Å². The fraction of sp³-hybridized carbons (Fsp3) is 0.812. The summed E-state index contributed by atoms with van der Waals surface area (Å²) in [7, 11) is 0. The number of piperidine rings is 2. The molecule has 4 aliphatic rings. The van der Waals surface area contributed by atoms with Crippen LogP contribution >= 0.6 is 0 Å². The number of carboxylic acids is 2. The Balaban J connectivity index is 1.56.